The summed E-state index contributed by atoms with van der Waals surface area (Å²) in [6.45, 7) is 9.17. The number of ether oxygens (including phenoxy) is 1. The van der Waals surface area contributed by atoms with E-state index in [9.17, 15) is 4.79 Å². The summed E-state index contributed by atoms with van der Waals surface area (Å²) in [6.07, 6.45) is 4.16. The second-order valence-electron chi connectivity index (χ2n) is 6.76. The molecule has 1 saturated heterocycles. The Labute approximate surface area is 128 Å². The Kier molecular flexibility index (Phi) is 6.02. The molecule has 0 aromatic rings. The van der Waals surface area contributed by atoms with E-state index in [2.05, 4.69) is 24.1 Å². The van der Waals surface area contributed by atoms with Crippen LogP contribution in [0.2, 0.25) is 0 Å². The number of likely N-dealkylation sites (N-methyl/N-ethyl adjacent to an activating group) is 1. The van der Waals surface area contributed by atoms with Gasteiger partial charge >= 0.3 is 0 Å². The van der Waals surface area contributed by atoms with Crippen LogP contribution in [0.1, 0.15) is 39.5 Å². The van der Waals surface area contributed by atoms with Gasteiger partial charge in [-0.1, -0.05) is 13.8 Å². The standard InChI is InChI=1S/C16H31N3O2/c1-3-19-8-9-21-14(11-19)10-18-15(20)16(12-17)6-4-13(2)5-7-16/h13-14H,3-12,17H2,1-2H3,(H,18,20). The minimum absolute atomic E-state index is 0.111. The van der Waals surface area contributed by atoms with E-state index in [1.54, 1.807) is 0 Å². The largest absolute Gasteiger partial charge is 0.374 e. The fourth-order valence-corrected chi connectivity index (χ4v) is 3.42. The van der Waals surface area contributed by atoms with Gasteiger partial charge in [0.25, 0.3) is 0 Å². The Hall–Kier alpha value is -0.650. The molecule has 21 heavy (non-hydrogen) atoms. The van der Waals surface area contributed by atoms with Gasteiger partial charge in [0, 0.05) is 26.2 Å². The molecule has 1 aliphatic carbocycles. The van der Waals surface area contributed by atoms with Crippen LogP contribution in [0.3, 0.4) is 0 Å². The zero-order valence-electron chi connectivity index (χ0n) is 13.6. The summed E-state index contributed by atoms with van der Waals surface area (Å²) in [4.78, 5) is 15.0. The van der Waals surface area contributed by atoms with Crippen molar-refractivity contribution in [3.63, 3.8) is 0 Å². The van der Waals surface area contributed by atoms with Gasteiger partial charge in [0.1, 0.15) is 0 Å². The molecule has 0 aromatic carbocycles. The number of nitrogens with two attached hydrogens (primary N) is 1. The molecule has 1 heterocycles. The van der Waals surface area contributed by atoms with Gasteiger partial charge in [-0.3, -0.25) is 9.69 Å². The van der Waals surface area contributed by atoms with Crippen molar-refractivity contribution in [3.8, 4) is 0 Å². The number of hydrogen-bond donors (Lipinski definition) is 2. The van der Waals surface area contributed by atoms with Gasteiger partial charge in [-0.05, 0) is 38.1 Å². The summed E-state index contributed by atoms with van der Waals surface area (Å²) in [5.74, 6) is 0.853. The van der Waals surface area contributed by atoms with E-state index in [1.807, 2.05) is 0 Å². The number of nitrogens with one attached hydrogen (secondary N) is 1. The molecule has 0 radical (unpaired) electrons. The molecule has 1 amide bonds. The van der Waals surface area contributed by atoms with Crippen LogP contribution in [0.4, 0.5) is 0 Å². The molecule has 1 saturated carbocycles. The number of hydrogen-bond acceptors (Lipinski definition) is 4. The Balaban J connectivity index is 1.82. The summed E-state index contributed by atoms with van der Waals surface area (Å²) in [7, 11) is 0. The van der Waals surface area contributed by atoms with Crippen LogP contribution in [0, 0.1) is 11.3 Å². The number of carbonyl (C=O) groups excluding carboxylic acids is 1. The lowest BCUT2D eigenvalue weighted by Crippen LogP contribution is -2.52. The molecule has 2 aliphatic rings. The maximum Gasteiger partial charge on any atom is 0.227 e. The smallest absolute Gasteiger partial charge is 0.227 e. The maximum atomic E-state index is 12.6. The first-order chi connectivity index (χ1) is 10.1. The first-order valence-corrected chi connectivity index (χ1v) is 8.42. The molecule has 5 nitrogen and oxygen atoms in total. The lowest BCUT2D eigenvalue weighted by molar-refractivity contribution is -0.134. The quantitative estimate of drug-likeness (QED) is 0.794. The van der Waals surface area contributed by atoms with Crippen molar-refractivity contribution in [1.82, 2.24) is 10.2 Å². The molecule has 0 spiro atoms. The fraction of sp³-hybridized carbons (Fsp3) is 0.938. The van der Waals surface area contributed by atoms with Gasteiger partial charge in [-0.2, -0.15) is 0 Å². The minimum atomic E-state index is -0.342. The van der Waals surface area contributed by atoms with Crippen molar-refractivity contribution in [2.75, 3.05) is 39.3 Å². The highest BCUT2D eigenvalue weighted by Gasteiger charge is 2.39. The van der Waals surface area contributed by atoms with E-state index in [1.165, 1.54) is 0 Å². The molecule has 2 rings (SSSR count). The molecule has 5 heteroatoms. The summed E-state index contributed by atoms with van der Waals surface area (Å²) in [5, 5.41) is 3.10. The fourth-order valence-electron chi connectivity index (χ4n) is 3.42. The van der Waals surface area contributed by atoms with Crippen molar-refractivity contribution >= 4 is 5.91 Å². The SMILES string of the molecule is CCN1CCOC(CNC(=O)C2(CN)CCC(C)CC2)C1. The van der Waals surface area contributed by atoms with Crippen LogP contribution in [-0.4, -0.2) is 56.2 Å². The maximum absolute atomic E-state index is 12.6. The first kappa shape index (κ1) is 16.7. The lowest BCUT2D eigenvalue weighted by Gasteiger charge is -2.38. The zero-order chi connectivity index (χ0) is 15.3. The molecule has 2 fully saturated rings. The van der Waals surface area contributed by atoms with Gasteiger partial charge in [0.05, 0.1) is 18.1 Å². The zero-order valence-corrected chi connectivity index (χ0v) is 13.6. The van der Waals surface area contributed by atoms with Crippen molar-refractivity contribution in [2.24, 2.45) is 17.1 Å². The van der Waals surface area contributed by atoms with Crippen molar-refractivity contribution in [2.45, 2.75) is 45.6 Å². The van der Waals surface area contributed by atoms with E-state index in [4.69, 9.17) is 10.5 Å². The van der Waals surface area contributed by atoms with Crippen LogP contribution in [0.15, 0.2) is 0 Å². The number of nitrogens with zero attached hydrogens (tertiary/aromatic N) is 1. The van der Waals surface area contributed by atoms with E-state index in [0.717, 1.165) is 57.8 Å². The minimum Gasteiger partial charge on any atom is -0.374 e. The van der Waals surface area contributed by atoms with Gasteiger partial charge in [-0.25, -0.2) is 0 Å². The Morgan fingerprint density at radius 3 is 2.76 bits per heavy atom. The van der Waals surface area contributed by atoms with E-state index >= 15 is 0 Å². The highest BCUT2D eigenvalue weighted by molar-refractivity contribution is 5.83. The summed E-state index contributed by atoms with van der Waals surface area (Å²) in [6, 6.07) is 0. The van der Waals surface area contributed by atoms with Gasteiger partial charge in [-0.15, -0.1) is 0 Å². The van der Waals surface area contributed by atoms with Crippen LogP contribution < -0.4 is 11.1 Å². The Morgan fingerprint density at radius 2 is 2.14 bits per heavy atom. The molecule has 0 aromatic heterocycles. The number of amides is 1. The van der Waals surface area contributed by atoms with Crippen molar-refractivity contribution in [3.05, 3.63) is 0 Å². The topological polar surface area (TPSA) is 67.6 Å². The Morgan fingerprint density at radius 1 is 1.43 bits per heavy atom. The third kappa shape index (κ3) is 4.18. The molecular formula is C16H31N3O2. The summed E-state index contributed by atoms with van der Waals surface area (Å²) >= 11 is 0. The summed E-state index contributed by atoms with van der Waals surface area (Å²) in [5.41, 5.74) is 5.59. The van der Waals surface area contributed by atoms with Crippen molar-refractivity contribution < 1.29 is 9.53 Å². The third-order valence-corrected chi connectivity index (χ3v) is 5.26. The Bertz CT molecular complexity index is 340. The average Bonchev–Trinajstić information content (AvgIpc) is 2.54. The molecule has 0 bridgehead atoms. The number of rotatable bonds is 5. The average molecular weight is 297 g/mol. The number of carbonyl (C=O) groups is 1. The highest BCUT2D eigenvalue weighted by atomic mass is 16.5. The molecule has 1 atom stereocenters. The molecule has 1 aliphatic heterocycles. The predicted molar refractivity (Wildman–Crippen MR) is 84.0 cm³/mol. The van der Waals surface area contributed by atoms with Crippen LogP contribution in [0.25, 0.3) is 0 Å². The highest BCUT2D eigenvalue weighted by Crippen LogP contribution is 2.38. The summed E-state index contributed by atoms with van der Waals surface area (Å²) < 4.78 is 5.74. The van der Waals surface area contributed by atoms with Crippen molar-refractivity contribution in [1.29, 1.82) is 0 Å². The van der Waals surface area contributed by atoms with Gasteiger partial charge in [0.15, 0.2) is 0 Å². The van der Waals surface area contributed by atoms with E-state index < -0.39 is 0 Å². The third-order valence-electron chi connectivity index (χ3n) is 5.26. The first-order valence-electron chi connectivity index (χ1n) is 8.42. The monoisotopic (exact) mass is 297 g/mol. The lowest BCUT2D eigenvalue weighted by atomic mass is 9.70. The van der Waals surface area contributed by atoms with Gasteiger partial charge < -0.3 is 15.8 Å². The van der Waals surface area contributed by atoms with E-state index in [-0.39, 0.29) is 17.4 Å². The second-order valence-corrected chi connectivity index (χ2v) is 6.76. The van der Waals surface area contributed by atoms with Gasteiger partial charge in [0.2, 0.25) is 5.91 Å². The van der Waals surface area contributed by atoms with Crippen LogP contribution in [-0.2, 0) is 9.53 Å². The normalized spacial score (nSPS) is 34.6. The van der Waals surface area contributed by atoms with Crippen LogP contribution >= 0.6 is 0 Å². The number of morpholine rings is 1. The molecule has 1 unspecified atom stereocenters. The second kappa shape index (κ2) is 7.56. The molecular weight excluding hydrogens is 266 g/mol. The predicted octanol–water partition coefficient (Wildman–Crippen LogP) is 0.979. The molecule has 3 N–H and O–H groups in total. The molecule has 122 valence electrons. The van der Waals surface area contributed by atoms with Crippen LogP contribution in [0.5, 0.6) is 0 Å². The van der Waals surface area contributed by atoms with E-state index in [0.29, 0.717) is 13.1 Å².